The molecule has 2 aromatic rings. The summed E-state index contributed by atoms with van der Waals surface area (Å²) in [6.45, 7) is -0.353. The summed E-state index contributed by atoms with van der Waals surface area (Å²) in [6.07, 6.45) is 1.44. The lowest BCUT2D eigenvalue weighted by molar-refractivity contribution is -0.122. The predicted molar refractivity (Wildman–Crippen MR) is 68.0 cm³/mol. The van der Waals surface area contributed by atoms with E-state index in [1.165, 1.54) is 10.9 Å². The Labute approximate surface area is 114 Å². The van der Waals surface area contributed by atoms with Gasteiger partial charge in [0.05, 0.1) is 12.8 Å². The predicted octanol–water partition coefficient (Wildman–Crippen LogP) is -0.768. The molecule has 2 amide bonds. The van der Waals surface area contributed by atoms with Crippen LogP contribution in [0.2, 0.25) is 0 Å². The van der Waals surface area contributed by atoms with Crippen molar-refractivity contribution in [3.63, 3.8) is 0 Å². The molecular weight excluding hydrogens is 262 g/mol. The Morgan fingerprint density at radius 1 is 1.20 bits per heavy atom. The number of aliphatic hydroxyl groups is 1. The molecule has 2 rings (SSSR count). The fourth-order valence-corrected chi connectivity index (χ4v) is 1.46. The van der Waals surface area contributed by atoms with E-state index in [0.717, 1.165) is 0 Å². The van der Waals surface area contributed by atoms with E-state index in [4.69, 9.17) is 5.11 Å². The van der Waals surface area contributed by atoms with E-state index in [9.17, 15) is 9.59 Å². The van der Waals surface area contributed by atoms with Gasteiger partial charge in [-0.05, 0) is 12.1 Å². The van der Waals surface area contributed by atoms with Crippen molar-refractivity contribution in [2.75, 3.05) is 0 Å². The first-order chi connectivity index (χ1) is 9.69. The molecule has 0 aliphatic rings. The number of nitrogens with zero attached hydrogens (tertiary/aromatic N) is 3. The highest BCUT2D eigenvalue weighted by Crippen LogP contribution is 1.97. The summed E-state index contributed by atoms with van der Waals surface area (Å²) < 4.78 is 1.26. The van der Waals surface area contributed by atoms with E-state index < -0.39 is 11.8 Å². The molecule has 1 heterocycles. The number of aromatic nitrogens is 3. The number of hydrogen-bond acceptors (Lipinski definition) is 5. The number of carbonyl (C=O) groups is 2. The van der Waals surface area contributed by atoms with Gasteiger partial charge in [-0.2, -0.15) is 0 Å². The van der Waals surface area contributed by atoms with E-state index >= 15 is 0 Å². The van der Waals surface area contributed by atoms with Crippen LogP contribution in [0.4, 0.5) is 0 Å². The lowest BCUT2D eigenvalue weighted by Crippen LogP contribution is -2.43. The molecule has 104 valence electrons. The molecule has 8 nitrogen and oxygen atoms in total. The normalized spacial score (nSPS) is 10.1. The van der Waals surface area contributed by atoms with Gasteiger partial charge in [0, 0.05) is 5.56 Å². The van der Waals surface area contributed by atoms with Crippen molar-refractivity contribution in [3.8, 4) is 0 Å². The summed E-state index contributed by atoms with van der Waals surface area (Å²) >= 11 is 0. The van der Waals surface area contributed by atoms with E-state index in [0.29, 0.717) is 11.3 Å². The number of aliphatic hydroxyl groups excluding tert-OH is 1. The van der Waals surface area contributed by atoms with E-state index in [-0.39, 0.29) is 13.2 Å². The van der Waals surface area contributed by atoms with Crippen LogP contribution in [0.25, 0.3) is 0 Å². The van der Waals surface area contributed by atoms with E-state index in [2.05, 4.69) is 21.2 Å². The molecule has 0 bridgehead atoms. The molecule has 0 atom stereocenters. The fraction of sp³-hybridized carbons (Fsp3) is 0.167. The first-order valence-electron chi connectivity index (χ1n) is 5.83. The lowest BCUT2D eigenvalue weighted by Gasteiger charge is -2.06. The number of hydrogen-bond donors (Lipinski definition) is 3. The third-order valence-electron chi connectivity index (χ3n) is 2.41. The van der Waals surface area contributed by atoms with Crippen LogP contribution in [0.5, 0.6) is 0 Å². The molecule has 3 N–H and O–H groups in total. The molecule has 0 radical (unpaired) electrons. The third kappa shape index (κ3) is 3.62. The van der Waals surface area contributed by atoms with Gasteiger partial charge in [0.2, 0.25) is 0 Å². The van der Waals surface area contributed by atoms with Crippen molar-refractivity contribution >= 4 is 11.8 Å². The van der Waals surface area contributed by atoms with Gasteiger partial charge in [-0.15, -0.1) is 5.10 Å². The third-order valence-corrected chi connectivity index (χ3v) is 2.41. The van der Waals surface area contributed by atoms with Gasteiger partial charge < -0.3 is 5.11 Å². The molecule has 20 heavy (non-hydrogen) atoms. The van der Waals surface area contributed by atoms with Gasteiger partial charge in [0.1, 0.15) is 12.2 Å². The maximum atomic E-state index is 11.7. The molecule has 0 saturated heterocycles. The minimum Gasteiger partial charge on any atom is -0.390 e. The average molecular weight is 275 g/mol. The van der Waals surface area contributed by atoms with Crippen molar-refractivity contribution in [2.45, 2.75) is 13.2 Å². The van der Waals surface area contributed by atoms with Gasteiger partial charge in [-0.1, -0.05) is 23.4 Å². The minimum absolute atomic E-state index is 0.109. The zero-order chi connectivity index (χ0) is 14.4. The zero-order valence-corrected chi connectivity index (χ0v) is 10.5. The van der Waals surface area contributed by atoms with E-state index in [1.807, 2.05) is 0 Å². The Balaban J connectivity index is 1.82. The smallest absolute Gasteiger partial charge is 0.269 e. The second kappa shape index (κ2) is 6.43. The average Bonchev–Trinajstić information content (AvgIpc) is 2.93. The van der Waals surface area contributed by atoms with Crippen LogP contribution in [0.1, 0.15) is 16.1 Å². The fourth-order valence-electron chi connectivity index (χ4n) is 1.46. The summed E-state index contributed by atoms with van der Waals surface area (Å²) in [5, 5.41) is 16.1. The van der Waals surface area contributed by atoms with Gasteiger partial charge in [0.25, 0.3) is 11.8 Å². The Kier molecular flexibility index (Phi) is 4.40. The Bertz CT molecular complexity index is 596. The molecule has 0 unspecified atom stereocenters. The summed E-state index contributed by atoms with van der Waals surface area (Å²) in [6, 6.07) is 8.50. The highest BCUT2D eigenvalue weighted by Gasteiger charge is 2.08. The minimum atomic E-state index is -0.455. The topological polar surface area (TPSA) is 109 Å². The van der Waals surface area contributed by atoms with Crippen molar-refractivity contribution in [1.29, 1.82) is 0 Å². The number of benzene rings is 1. The molecule has 0 aliphatic heterocycles. The van der Waals surface area contributed by atoms with Crippen LogP contribution in [0, 0.1) is 0 Å². The number of nitrogens with one attached hydrogen (secondary N) is 2. The van der Waals surface area contributed by atoms with Crippen molar-refractivity contribution in [3.05, 3.63) is 47.8 Å². The molecule has 0 aliphatic carbocycles. The van der Waals surface area contributed by atoms with Crippen molar-refractivity contribution < 1.29 is 14.7 Å². The Morgan fingerprint density at radius 2 is 1.95 bits per heavy atom. The number of hydrazine groups is 1. The van der Waals surface area contributed by atoms with Crippen LogP contribution in [0.15, 0.2) is 36.5 Å². The summed E-state index contributed by atoms with van der Waals surface area (Å²) in [5.74, 6) is -0.864. The van der Waals surface area contributed by atoms with Gasteiger partial charge in [0.15, 0.2) is 0 Å². The van der Waals surface area contributed by atoms with Gasteiger partial charge in [-0.3, -0.25) is 20.4 Å². The molecule has 0 saturated carbocycles. The SMILES string of the molecule is O=C(Cn1cc(CO)nn1)NNC(=O)c1ccccc1. The van der Waals surface area contributed by atoms with E-state index in [1.54, 1.807) is 30.3 Å². The maximum absolute atomic E-state index is 11.7. The zero-order valence-electron chi connectivity index (χ0n) is 10.5. The second-order valence-corrected chi connectivity index (χ2v) is 3.93. The highest BCUT2D eigenvalue weighted by molar-refractivity contribution is 5.95. The van der Waals surface area contributed by atoms with Crippen LogP contribution < -0.4 is 10.9 Å². The monoisotopic (exact) mass is 275 g/mol. The molecule has 0 spiro atoms. The van der Waals surface area contributed by atoms with Crippen LogP contribution in [-0.4, -0.2) is 31.9 Å². The lowest BCUT2D eigenvalue weighted by atomic mass is 10.2. The Morgan fingerprint density at radius 3 is 2.60 bits per heavy atom. The molecular formula is C12H13N5O3. The number of rotatable bonds is 4. The highest BCUT2D eigenvalue weighted by atomic mass is 16.3. The summed E-state index contributed by atoms with van der Waals surface area (Å²) in [5.41, 5.74) is 5.37. The standard InChI is InChI=1S/C12H13N5O3/c18-8-10-6-17(16-13-10)7-11(19)14-15-12(20)9-4-2-1-3-5-9/h1-6,18H,7-8H2,(H,14,19)(H,15,20). The summed E-state index contributed by atoms with van der Waals surface area (Å²) in [4.78, 5) is 23.2. The second-order valence-electron chi connectivity index (χ2n) is 3.93. The van der Waals surface area contributed by atoms with Crippen LogP contribution in [-0.2, 0) is 17.9 Å². The first-order valence-corrected chi connectivity index (χ1v) is 5.83. The molecule has 8 heteroatoms. The number of carbonyl (C=O) groups excluding carboxylic acids is 2. The quantitative estimate of drug-likeness (QED) is 0.635. The first kappa shape index (κ1) is 13.7. The number of amides is 2. The van der Waals surface area contributed by atoms with Gasteiger partial charge >= 0.3 is 0 Å². The van der Waals surface area contributed by atoms with Crippen LogP contribution in [0.3, 0.4) is 0 Å². The van der Waals surface area contributed by atoms with Crippen molar-refractivity contribution in [2.24, 2.45) is 0 Å². The van der Waals surface area contributed by atoms with Crippen LogP contribution >= 0.6 is 0 Å². The molecule has 1 aromatic heterocycles. The van der Waals surface area contributed by atoms with Gasteiger partial charge in [-0.25, -0.2) is 4.68 Å². The maximum Gasteiger partial charge on any atom is 0.269 e. The summed E-state index contributed by atoms with van der Waals surface area (Å²) in [7, 11) is 0. The largest absolute Gasteiger partial charge is 0.390 e. The molecule has 1 aromatic carbocycles. The van der Waals surface area contributed by atoms with Crippen molar-refractivity contribution in [1.82, 2.24) is 25.8 Å². The molecule has 0 fully saturated rings. The Hall–Kier alpha value is -2.74.